The number of hydrogen-bond donors (Lipinski definition) is 1. The van der Waals surface area contributed by atoms with Gasteiger partial charge in [-0.3, -0.25) is 4.79 Å². The molecule has 1 aromatic heterocycles. The molecule has 0 bridgehead atoms. The topological polar surface area (TPSA) is 52.7 Å². The number of carbonyl (C=O) groups is 2. The lowest BCUT2D eigenvalue weighted by Gasteiger charge is -2.29. The maximum Gasteiger partial charge on any atom is 0.322 e. The van der Waals surface area contributed by atoms with Crippen molar-refractivity contribution in [2.24, 2.45) is 5.92 Å². The van der Waals surface area contributed by atoms with E-state index in [9.17, 15) is 9.59 Å². The molecular formula is C29H37N3O2S. The van der Waals surface area contributed by atoms with E-state index in [1.54, 1.807) is 16.2 Å². The van der Waals surface area contributed by atoms with Gasteiger partial charge >= 0.3 is 6.03 Å². The molecule has 0 fully saturated rings. The summed E-state index contributed by atoms with van der Waals surface area (Å²) in [5, 5.41) is 5.02. The minimum Gasteiger partial charge on any atom is -0.332 e. The van der Waals surface area contributed by atoms with E-state index in [0.717, 1.165) is 22.5 Å². The number of rotatable bonds is 11. The molecule has 186 valence electrons. The minimum absolute atomic E-state index is 0.0401. The molecule has 3 amide bonds. The summed E-state index contributed by atoms with van der Waals surface area (Å²) in [5.41, 5.74) is 3.03. The average Bonchev–Trinajstić information content (AvgIpc) is 3.37. The van der Waals surface area contributed by atoms with Crippen LogP contribution in [0.15, 0.2) is 72.1 Å². The first-order valence-corrected chi connectivity index (χ1v) is 13.2. The van der Waals surface area contributed by atoms with Crippen molar-refractivity contribution in [2.75, 3.05) is 18.4 Å². The molecule has 1 heterocycles. The summed E-state index contributed by atoms with van der Waals surface area (Å²) >= 11 is 1.64. The molecule has 0 spiro atoms. The van der Waals surface area contributed by atoms with Gasteiger partial charge in [0.1, 0.15) is 6.54 Å². The normalized spacial score (nSPS) is 11.8. The average molecular weight is 492 g/mol. The first-order chi connectivity index (χ1) is 16.9. The molecular weight excluding hydrogens is 454 g/mol. The molecule has 2 aromatic carbocycles. The summed E-state index contributed by atoms with van der Waals surface area (Å²) < 4.78 is 0. The van der Waals surface area contributed by atoms with Gasteiger partial charge in [0, 0.05) is 23.7 Å². The maximum atomic E-state index is 13.5. The Hall–Kier alpha value is -3.12. The Morgan fingerprint density at radius 1 is 0.886 bits per heavy atom. The van der Waals surface area contributed by atoms with E-state index >= 15 is 0 Å². The van der Waals surface area contributed by atoms with E-state index in [4.69, 9.17) is 0 Å². The minimum atomic E-state index is -0.244. The third kappa shape index (κ3) is 8.25. The van der Waals surface area contributed by atoms with Gasteiger partial charge in [-0.1, -0.05) is 82.6 Å². The van der Waals surface area contributed by atoms with Gasteiger partial charge in [-0.15, -0.1) is 11.3 Å². The Bertz CT molecular complexity index is 1050. The number of carbonyl (C=O) groups excluding carboxylic acids is 2. The van der Waals surface area contributed by atoms with Crippen LogP contribution in [0, 0.1) is 5.92 Å². The molecule has 5 nitrogen and oxygen atoms in total. The summed E-state index contributed by atoms with van der Waals surface area (Å²) in [6, 6.07) is 21.7. The van der Waals surface area contributed by atoms with Crippen molar-refractivity contribution in [3.63, 3.8) is 0 Å². The molecule has 35 heavy (non-hydrogen) atoms. The smallest absolute Gasteiger partial charge is 0.322 e. The van der Waals surface area contributed by atoms with E-state index in [2.05, 4.69) is 33.0 Å². The Labute approximate surface area is 213 Å². The van der Waals surface area contributed by atoms with Crippen molar-refractivity contribution < 1.29 is 9.59 Å². The number of nitrogens with one attached hydrogen (secondary N) is 1. The third-order valence-electron chi connectivity index (χ3n) is 6.17. The van der Waals surface area contributed by atoms with Crippen LogP contribution in [0.3, 0.4) is 0 Å². The number of benzene rings is 2. The van der Waals surface area contributed by atoms with E-state index in [0.29, 0.717) is 25.6 Å². The van der Waals surface area contributed by atoms with Crippen molar-refractivity contribution in [2.45, 2.75) is 53.1 Å². The predicted molar refractivity (Wildman–Crippen MR) is 146 cm³/mol. The lowest BCUT2D eigenvalue weighted by Crippen LogP contribution is -2.45. The van der Waals surface area contributed by atoms with E-state index in [-0.39, 0.29) is 24.4 Å². The molecule has 3 aromatic rings. The fourth-order valence-electron chi connectivity index (χ4n) is 3.77. The second-order valence-corrected chi connectivity index (χ2v) is 10.4. The highest BCUT2D eigenvalue weighted by Gasteiger charge is 2.23. The highest BCUT2D eigenvalue weighted by Crippen LogP contribution is 2.19. The second-order valence-electron chi connectivity index (χ2n) is 9.42. The van der Waals surface area contributed by atoms with Gasteiger partial charge in [-0.05, 0) is 46.5 Å². The SMILES string of the molecule is CCC(C)CN(CC(=O)N(Cc1ccccc1)Cc1cccs1)C(=O)Nc1ccc(C(C)C)cc1. The first kappa shape index (κ1) is 26.5. The van der Waals surface area contributed by atoms with Gasteiger partial charge in [-0.2, -0.15) is 0 Å². The van der Waals surface area contributed by atoms with Gasteiger partial charge in [0.05, 0.1) is 6.54 Å². The van der Waals surface area contributed by atoms with Crippen LogP contribution >= 0.6 is 11.3 Å². The lowest BCUT2D eigenvalue weighted by molar-refractivity contribution is -0.133. The predicted octanol–water partition coefficient (Wildman–Crippen LogP) is 6.98. The van der Waals surface area contributed by atoms with Gasteiger partial charge in [0.2, 0.25) is 5.91 Å². The third-order valence-corrected chi connectivity index (χ3v) is 7.03. The van der Waals surface area contributed by atoms with Crippen LogP contribution in [0.5, 0.6) is 0 Å². The maximum absolute atomic E-state index is 13.5. The van der Waals surface area contributed by atoms with Crippen LogP contribution in [0.25, 0.3) is 0 Å². The molecule has 1 unspecified atom stereocenters. The quantitative estimate of drug-likeness (QED) is 0.315. The summed E-state index contributed by atoms with van der Waals surface area (Å²) in [7, 11) is 0. The van der Waals surface area contributed by atoms with Crippen molar-refractivity contribution in [1.29, 1.82) is 0 Å². The van der Waals surface area contributed by atoms with Crippen LogP contribution in [-0.2, 0) is 17.9 Å². The zero-order valence-corrected chi connectivity index (χ0v) is 22.1. The lowest BCUT2D eigenvalue weighted by atomic mass is 10.0. The highest BCUT2D eigenvalue weighted by atomic mass is 32.1. The van der Waals surface area contributed by atoms with Gasteiger partial charge in [0.25, 0.3) is 0 Å². The Morgan fingerprint density at radius 3 is 2.20 bits per heavy atom. The highest BCUT2D eigenvalue weighted by molar-refractivity contribution is 7.09. The summed E-state index contributed by atoms with van der Waals surface area (Å²) in [6.07, 6.45) is 0.935. The number of thiophene rings is 1. The number of nitrogens with zero attached hydrogens (tertiary/aromatic N) is 2. The molecule has 0 aliphatic carbocycles. The van der Waals surface area contributed by atoms with E-state index in [1.807, 2.05) is 77.0 Å². The molecule has 0 aliphatic heterocycles. The standard InChI is InChI=1S/C29H37N3O2S/c1-5-23(4)18-32(29(34)30-26-15-13-25(14-16-26)22(2)3)21-28(33)31(20-27-12-9-17-35-27)19-24-10-7-6-8-11-24/h6-17,22-23H,5,18-21H2,1-4H3,(H,30,34). The first-order valence-electron chi connectivity index (χ1n) is 12.4. The summed E-state index contributed by atoms with van der Waals surface area (Å²) in [5.74, 6) is 0.658. The molecule has 0 saturated carbocycles. The molecule has 1 N–H and O–H groups in total. The van der Waals surface area contributed by atoms with Gasteiger partial charge in [0.15, 0.2) is 0 Å². The van der Waals surface area contributed by atoms with Crippen molar-refractivity contribution in [1.82, 2.24) is 9.80 Å². The molecule has 0 aliphatic rings. The van der Waals surface area contributed by atoms with Crippen molar-refractivity contribution >= 4 is 29.0 Å². The summed E-state index contributed by atoms with van der Waals surface area (Å²) in [4.78, 5) is 31.4. The summed E-state index contributed by atoms with van der Waals surface area (Å²) in [6.45, 7) is 10.1. The zero-order valence-electron chi connectivity index (χ0n) is 21.2. The zero-order chi connectivity index (χ0) is 25.2. The fraction of sp³-hybridized carbons (Fsp3) is 0.379. The van der Waals surface area contributed by atoms with Crippen molar-refractivity contribution in [3.8, 4) is 0 Å². The molecule has 3 rings (SSSR count). The Kier molecular flexibility index (Phi) is 9.91. The Balaban J connectivity index is 1.75. The van der Waals surface area contributed by atoms with Crippen LogP contribution in [0.1, 0.15) is 56.0 Å². The number of hydrogen-bond acceptors (Lipinski definition) is 3. The van der Waals surface area contributed by atoms with Crippen LogP contribution in [0.2, 0.25) is 0 Å². The van der Waals surface area contributed by atoms with E-state index in [1.165, 1.54) is 5.56 Å². The fourth-order valence-corrected chi connectivity index (χ4v) is 4.49. The molecule has 0 saturated heterocycles. The van der Waals surface area contributed by atoms with Crippen LogP contribution in [-0.4, -0.2) is 34.8 Å². The molecule has 0 radical (unpaired) electrons. The number of urea groups is 1. The van der Waals surface area contributed by atoms with Gasteiger partial charge < -0.3 is 15.1 Å². The Morgan fingerprint density at radius 2 is 1.60 bits per heavy atom. The van der Waals surface area contributed by atoms with Crippen LogP contribution < -0.4 is 5.32 Å². The molecule has 1 atom stereocenters. The van der Waals surface area contributed by atoms with Crippen molar-refractivity contribution in [3.05, 3.63) is 88.1 Å². The largest absolute Gasteiger partial charge is 0.332 e. The monoisotopic (exact) mass is 491 g/mol. The van der Waals surface area contributed by atoms with Crippen LogP contribution in [0.4, 0.5) is 10.5 Å². The number of anilines is 1. The molecule has 6 heteroatoms. The van der Waals surface area contributed by atoms with Gasteiger partial charge in [-0.25, -0.2) is 4.79 Å². The number of amides is 3. The van der Waals surface area contributed by atoms with E-state index < -0.39 is 0 Å². The second kappa shape index (κ2) is 13.1.